The molecule has 130 valence electrons. The van der Waals surface area contributed by atoms with Gasteiger partial charge < -0.3 is 9.80 Å². The zero-order chi connectivity index (χ0) is 18.1. The van der Waals surface area contributed by atoms with Gasteiger partial charge in [-0.15, -0.1) is 0 Å². The number of hydrogen-bond acceptors (Lipinski definition) is 2. The third-order valence-electron chi connectivity index (χ3n) is 4.37. The molecule has 0 bridgehead atoms. The SMILES string of the molecule is CC(=O)N1CCc2cc(C(=O)N(C)Cc3ccc(F)cc3F)ccc21. The fraction of sp³-hybridized carbons (Fsp3) is 0.263. The van der Waals surface area contributed by atoms with Crippen LogP contribution in [0.25, 0.3) is 0 Å². The molecule has 2 aromatic carbocycles. The maximum atomic E-state index is 13.8. The van der Waals surface area contributed by atoms with Crippen molar-refractivity contribution < 1.29 is 18.4 Å². The van der Waals surface area contributed by atoms with Crippen molar-refractivity contribution in [3.63, 3.8) is 0 Å². The quantitative estimate of drug-likeness (QED) is 0.858. The van der Waals surface area contributed by atoms with Gasteiger partial charge in [-0.05, 0) is 36.2 Å². The summed E-state index contributed by atoms with van der Waals surface area (Å²) in [5, 5.41) is 0. The largest absolute Gasteiger partial charge is 0.337 e. The highest BCUT2D eigenvalue weighted by Gasteiger charge is 2.24. The van der Waals surface area contributed by atoms with Crippen LogP contribution in [0.15, 0.2) is 36.4 Å². The van der Waals surface area contributed by atoms with E-state index in [0.717, 1.165) is 17.3 Å². The molecule has 0 saturated heterocycles. The number of rotatable bonds is 3. The van der Waals surface area contributed by atoms with Crippen molar-refractivity contribution in [2.75, 3.05) is 18.5 Å². The predicted molar refractivity (Wildman–Crippen MR) is 90.3 cm³/mol. The lowest BCUT2D eigenvalue weighted by Crippen LogP contribution is -2.27. The average Bonchev–Trinajstić information content (AvgIpc) is 3.00. The minimum atomic E-state index is -0.675. The Bertz CT molecular complexity index is 851. The topological polar surface area (TPSA) is 40.6 Å². The van der Waals surface area contributed by atoms with Gasteiger partial charge in [0.2, 0.25) is 5.91 Å². The van der Waals surface area contributed by atoms with E-state index in [1.54, 1.807) is 30.1 Å². The number of halogens is 2. The number of carbonyl (C=O) groups is 2. The summed E-state index contributed by atoms with van der Waals surface area (Å²) in [7, 11) is 1.57. The molecule has 2 aromatic rings. The molecule has 0 fully saturated rings. The number of nitrogens with zero attached hydrogens (tertiary/aromatic N) is 2. The lowest BCUT2D eigenvalue weighted by atomic mass is 10.1. The van der Waals surface area contributed by atoms with E-state index in [4.69, 9.17) is 0 Å². The molecule has 1 aliphatic rings. The standard InChI is InChI=1S/C19H18F2N2O2/c1-12(24)23-8-7-13-9-14(4-6-18(13)23)19(25)22(2)11-15-3-5-16(20)10-17(15)21/h3-6,9-10H,7-8,11H2,1-2H3. The second kappa shape index (κ2) is 6.63. The highest BCUT2D eigenvalue weighted by molar-refractivity contribution is 5.97. The number of amides is 2. The maximum absolute atomic E-state index is 13.8. The zero-order valence-corrected chi connectivity index (χ0v) is 14.1. The minimum absolute atomic E-state index is 0.0262. The lowest BCUT2D eigenvalue weighted by molar-refractivity contribution is -0.116. The normalized spacial score (nSPS) is 12.9. The van der Waals surface area contributed by atoms with Crippen LogP contribution in [0.5, 0.6) is 0 Å². The Balaban J connectivity index is 1.78. The summed E-state index contributed by atoms with van der Waals surface area (Å²) in [5.41, 5.74) is 2.51. The van der Waals surface area contributed by atoms with Gasteiger partial charge in [-0.1, -0.05) is 6.07 Å². The Morgan fingerprint density at radius 1 is 1.16 bits per heavy atom. The molecule has 2 amide bonds. The number of benzene rings is 2. The summed E-state index contributed by atoms with van der Waals surface area (Å²) in [6, 6.07) is 8.52. The van der Waals surface area contributed by atoms with Gasteiger partial charge in [0.05, 0.1) is 0 Å². The second-order valence-electron chi connectivity index (χ2n) is 6.16. The number of fused-ring (bicyclic) bond motifs is 1. The fourth-order valence-electron chi connectivity index (χ4n) is 3.06. The van der Waals surface area contributed by atoms with Crippen molar-refractivity contribution in [3.05, 3.63) is 64.7 Å². The highest BCUT2D eigenvalue weighted by atomic mass is 19.1. The molecule has 1 heterocycles. The summed E-state index contributed by atoms with van der Waals surface area (Å²) >= 11 is 0. The van der Waals surface area contributed by atoms with Crippen LogP contribution in [0, 0.1) is 11.6 Å². The average molecular weight is 344 g/mol. The number of hydrogen-bond donors (Lipinski definition) is 0. The summed E-state index contributed by atoms with van der Waals surface area (Å²) in [6.45, 7) is 2.17. The molecular formula is C19H18F2N2O2. The van der Waals surface area contributed by atoms with Crippen molar-refractivity contribution in [2.45, 2.75) is 19.9 Å². The molecule has 0 saturated carbocycles. The van der Waals surface area contributed by atoms with Crippen molar-refractivity contribution >= 4 is 17.5 Å². The molecule has 0 radical (unpaired) electrons. The van der Waals surface area contributed by atoms with Gasteiger partial charge in [-0.25, -0.2) is 8.78 Å². The van der Waals surface area contributed by atoms with Gasteiger partial charge in [-0.3, -0.25) is 9.59 Å². The van der Waals surface area contributed by atoms with E-state index >= 15 is 0 Å². The Kier molecular flexibility index (Phi) is 4.53. The smallest absolute Gasteiger partial charge is 0.253 e. The summed E-state index contributed by atoms with van der Waals surface area (Å²) in [6.07, 6.45) is 0.701. The van der Waals surface area contributed by atoms with Gasteiger partial charge in [0, 0.05) is 49.9 Å². The Hall–Kier alpha value is -2.76. The van der Waals surface area contributed by atoms with E-state index in [2.05, 4.69) is 0 Å². The van der Waals surface area contributed by atoms with Gasteiger partial charge >= 0.3 is 0 Å². The first-order valence-electron chi connectivity index (χ1n) is 7.97. The van der Waals surface area contributed by atoms with E-state index in [1.807, 2.05) is 0 Å². The lowest BCUT2D eigenvalue weighted by Gasteiger charge is -2.19. The zero-order valence-electron chi connectivity index (χ0n) is 14.1. The monoisotopic (exact) mass is 344 g/mol. The van der Waals surface area contributed by atoms with Crippen LogP contribution < -0.4 is 4.90 Å². The van der Waals surface area contributed by atoms with Crippen LogP contribution in [-0.2, 0) is 17.8 Å². The molecule has 0 aromatic heterocycles. The summed E-state index contributed by atoms with van der Waals surface area (Å²) < 4.78 is 26.7. The van der Waals surface area contributed by atoms with E-state index < -0.39 is 11.6 Å². The molecule has 0 spiro atoms. The molecule has 0 unspecified atom stereocenters. The molecule has 0 N–H and O–H groups in total. The van der Waals surface area contributed by atoms with Crippen molar-refractivity contribution in [1.82, 2.24) is 4.90 Å². The maximum Gasteiger partial charge on any atom is 0.253 e. The van der Waals surface area contributed by atoms with Crippen LogP contribution >= 0.6 is 0 Å². The molecule has 0 atom stereocenters. The molecule has 1 aliphatic heterocycles. The molecule has 0 aliphatic carbocycles. The highest BCUT2D eigenvalue weighted by Crippen LogP contribution is 2.29. The first kappa shape index (κ1) is 17.1. The number of carbonyl (C=O) groups excluding carboxylic acids is 2. The molecule has 3 rings (SSSR count). The van der Waals surface area contributed by atoms with Crippen LogP contribution in [-0.4, -0.2) is 30.3 Å². The van der Waals surface area contributed by atoms with E-state index in [0.29, 0.717) is 18.5 Å². The summed E-state index contributed by atoms with van der Waals surface area (Å²) in [5.74, 6) is -1.61. The third kappa shape index (κ3) is 3.38. The third-order valence-corrected chi connectivity index (χ3v) is 4.37. The van der Waals surface area contributed by atoms with E-state index in [1.165, 1.54) is 24.0 Å². The van der Waals surface area contributed by atoms with Gasteiger partial charge in [0.15, 0.2) is 0 Å². The Morgan fingerprint density at radius 2 is 1.92 bits per heavy atom. The van der Waals surface area contributed by atoms with Gasteiger partial charge in [0.25, 0.3) is 5.91 Å². The second-order valence-corrected chi connectivity index (χ2v) is 6.16. The predicted octanol–water partition coefficient (Wildman–Crippen LogP) is 3.15. The Labute approximate surface area is 144 Å². The van der Waals surface area contributed by atoms with Crippen LogP contribution in [0.1, 0.15) is 28.4 Å². The summed E-state index contributed by atoms with van der Waals surface area (Å²) in [4.78, 5) is 27.2. The van der Waals surface area contributed by atoms with Crippen molar-refractivity contribution in [2.24, 2.45) is 0 Å². The molecular weight excluding hydrogens is 326 g/mol. The van der Waals surface area contributed by atoms with E-state index in [9.17, 15) is 18.4 Å². The first-order valence-corrected chi connectivity index (χ1v) is 7.97. The minimum Gasteiger partial charge on any atom is -0.337 e. The van der Waals surface area contributed by atoms with E-state index in [-0.39, 0.29) is 23.9 Å². The molecule has 25 heavy (non-hydrogen) atoms. The van der Waals surface area contributed by atoms with Crippen LogP contribution in [0.2, 0.25) is 0 Å². The van der Waals surface area contributed by atoms with Crippen molar-refractivity contribution in [1.29, 1.82) is 0 Å². The van der Waals surface area contributed by atoms with Crippen LogP contribution in [0.3, 0.4) is 0 Å². The Morgan fingerprint density at radius 3 is 2.60 bits per heavy atom. The molecule has 4 nitrogen and oxygen atoms in total. The first-order chi connectivity index (χ1) is 11.9. The van der Waals surface area contributed by atoms with Gasteiger partial charge in [-0.2, -0.15) is 0 Å². The van der Waals surface area contributed by atoms with Crippen LogP contribution in [0.4, 0.5) is 14.5 Å². The number of anilines is 1. The van der Waals surface area contributed by atoms with Gasteiger partial charge in [0.1, 0.15) is 11.6 Å². The van der Waals surface area contributed by atoms with Crippen molar-refractivity contribution in [3.8, 4) is 0 Å². The molecule has 6 heteroatoms. The fourth-order valence-corrected chi connectivity index (χ4v) is 3.06.